The number of halogens is 1. The molecule has 3 aliphatic rings. The molecule has 2 fully saturated rings. The molecule has 11 heteroatoms. The van der Waals surface area contributed by atoms with Gasteiger partial charge in [-0.25, -0.2) is 0 Å². The van der Waals surface area contributed by atoms with E-state index in [2.05, 4.69) is 34.4 Å². The standard InChI is InChI=1S/C29H36ClN7O3/c1-3-26(39)37-16-15-36(17-20(37)11-12-31)28-22-8-6-14-35(24-9-4-10-25(38)27(24)30)18-23(22)32-29(33-28)40-19-21-7-5-13-34(21)2/h3-4,9-10,20-21,38H,1,5-8,11,13-19H2,2H3/t20?,21-/m0/s1. The van der Waals surface area contributed by atoms with Crippen LogP contribution in [-0.2, 0) is 17.8 Å². The highest BCUT2D eigenvalue weighted by Gasteiger charge is 2.33. The van der Waals surface area contributed by atoms with Gasteiger partial charge in [-0.15, -0.1) is 0 Å². The summed E-state index contributed by atoms with van der Waals surface area (Å²) < 4.78 is 6.23. The van der Waals surface area contributed by atoms with Crippen LogP contribution in [0, 0.1) is 11.3 Å². The lowest BCUT2D eigenvalue weighted by atomic mass is 10.1. The van der Waals surface area contributed by atoms with Crippen LogP contribution in [0.25, 0.3) is 0 Å². The Hall–Kier alpha value is -3.55. The summed E-state index contributed by atoms with van der Waals surface area (Å²) in [6.07, 6.45) is 5.37. The number of hydrogen-bond acceptors (Lipinski definition) is 9. The highest BCUT2D eigenvalue weighted by Crippen LogP contribution is 2.37. The number of hydrogen-bond donors (Lipinski definition) is 1. The van der Waals surface area contributed by atoms with Crippen molar-refractivity contribution in [2.45, 2.75) is 50.7 Å². The number of aromatic hydroxyl groups is 1. The van der Waals surface area contributed by atoms with Gasteiger partial charge in [0.25, 0.3) is 0 Å². The Balaban J connectivity index is 1.49. The lowest BCUT2D eigenvalue weighted by Crippen LogP contribution is -2.55. The van der Waals surface area contributed by atoms with E-state index in [4.69, 9.17) is 26.3 Å². The molecule has 0 spiro atoms. The third-order valence-corrected chi connectivity index (χ3v) is 8.57. The minimum absolute atomic E-state index is 0.0483. The largest absolute Gasteiger partial charge is 0.506 e. The topological polar surface area (TPSA) is 109 Å². The molecule has 0 bridgehead atoms. The zero-order valence-electron chi connectivity index (χ0n) is 22.9. The van der Waals surface area contributed by atoms with Gasteiger partial charge in [0, 0.05) is 37.8 Å². The fourth-order valence-corrected chi connectivity index (χ4v) is 6.21. The van der Waals surface area contributed by atoms with Crippen LogP contribution >= 0.6 is 11.6 Å². The van der Waals surface area contributed by atoms with E-state index in [1.807, 2.05) is 6.07 Å². The van der Waals surface area contributed by atoms with Crippen molar-refractivity contribution in [3.63, 3.8) is 0 Å². The van der Waals surface area contributed by atoms with E-state index in [0.29, 0.717) is 49.9 Å². The molecule has 2 aromatic rings. The molecule has 1 aromatic carbocycles. The number of likely N-dealkylation sites (tertiary alicyclic amines) is 1. The number of phenolic OH excluding ortho intramolecular Hbond substituents is 1. The SMILES string of the molecule is C=CC(=O)N1CCN(c2nc(OC[C@@H]3CCCN3C)nc3c2CCCN(c2cccc(O)c2Cl)C3)CC1CC#N. The first kappa shape index (κ1) is 28.0. The summed E-state index contributed by atoms with van der Waals surface area (Å²) in [4.78, 5) is 30.7. The molecule has 0 saturated carbocycles. The van der Waals surface area contributed by atoms with Gasteiger partial charge in [0.15, 0.2) is 0 Å². The van der Waals surface area contributed by atoms with Crippen molar-refractivity contribution in [2.75, 3.05) is 56.2 Å². The van der Waals surface area contributed by atoms with Gasteiger partial charge in [-0.1, -0.05) is 24.2 Å². The van der Waals surface area contributed by atoms with E-state index in [-0.39, 0.29) is 24.1 Å². The molecule has 40 heavy (non-hydrogen) atoms. The van der Waals surface area contributed by atoms with Crippen molar-refractivity contribution in [1.82, 2.24) is 19.8 Å². The summed E-state index contributed by atoms with van der Waals surface area (Å²) in [5.41, 5.74) is 2.66. The Labute approximate surface area is 240 Å². The molecule has 1 amide bonds. The highest BCUT2D eigenvalue weighted by atomic mass is 35.5. The molecule has 212 valence electrons. The van der Waals surface area contributed by atoms with Crippen LogP contribution < -0.4 is 14.5 Å². The van der Waals surface area contributed by atoms with Gasteiger partial charge >= 0.3 is 6.01 Å². The van der Waals surface area contributed by atoms with Crippen LogP contribution in [0.2, 0.25) is 5.02 Å². The quantitative estimate of drug-likeness (QED) is 0.505. The summed E-state index contributed by atoms with van der Waals surface area (Å²) in [5.74, 6) is 0.689. The lowest BCUT2D eigenvalue weighted by Gasteiger charge is -2.41. The fourth-order valence-electron chi connectivity index (χ4n) is 5.97. The monoisotopic (exact) mass is 565 g/mol. The molecule has 2 atom stereocenters. The number of benzene rings is 1. The summed E-state index contributed by atoms with van der Waals surface area (Å²) >= 11 is 6.50. The van der Waals surface area contributed by atoms with Crippen molar-refractivity contribution in [1.29, 1.82) is 5.26 Å². The molecule has 3 aliphatic heterocycles. The van der Waals surface area contributed by atoms with Crippen LogP contribution in [0.3, 0.4) is 0 Å². The number of nitriles is 1. The smallest absolute Gasteiger partial charge is 0.318 e. The summed E-state index contributed by atoms with van der Waals surface area (Å²) in [6.45, 7) is 7.97. The molecule has 10 nitrogen and oxygen atoms in total. The van der Waals surface area contributed by atoms with Crippen LogP contribution in [0.5, 0.6) is 11.8 Å². The van der Waals surface area contributed by atoms with Crippen molar-refractivity contribution >= 4 is 29.0 Å². The predicted octanol–water partition coefficient (Wildman–Crippen LogP) is 3.38. The Bertz CT molecular complexity index is 1300. The predicted molar refractivity (Wildman–Crippen MR) is 154 cm³/mol. The average Bonchev–Trinajstić information content (AvgIpc) is 3.25. The summed E-state index contributed by atoms with van der Waals surface area (Å²) in [5, 5.41) is 20.0. The number of carbonyl (C=O) groups excluding carboxylic acids is 1. The first-order valence-corrected chi connectivity index (χ1v) is 14.3. The van der Waals surface area contributed by atoms with E-state index in [1.54, 1.807) is 17.0 Å². The maximum atomic E-state index is 12.5. The number of likely N-dealkylation sites (N-methyl/N-ethyl adjacent to an activating group) is 1. The van der Waals surface area contributed by atoms with Gasteiger partial charge in [0.05, 0.1) is 36.5 Å². The van der Waals surface area contributed by atoms with E-state index in [1.165, 1.54) is 6.08 Å². The molecular formula is C29H36ClN7O3. The molecular weight excluding hydrogens is 530 g/mol. The lowest BCUT2D eigenvalue weighted by molar-refractivity contribution is -0.128. The van der Waals surface area contributed by atoms with Gasteiger partial charge in [0.2, 0.25) is 5.91 Å². The second kappa shape index (κ2) is 12.3. The van der Waals surface area contributed by atoms with Crippen molar-refractivity contribution < 1.29 is 14.6 Å². The normalized spacial score (nSPS) is 21.5. The Morgan fingerprint density at radius 1 is 1.23 bits per heavy atom. The fraction of sp³-hybridized carbons (Fsp3) is 0.517. The van der Waals surface area contributed by atoms with Crippen molar-refractivity contribution in [2.24, 2.45) is 0 Å². The number of fused-ring (bicyclic) bond motifs is 1. The van der Waals surface area contributed by atoms with Gasteiger partial charge in [-0.2, -0.15) is 15.2 Å². The number of phenols is 1. The Morgan fingerprint density at radius 3 is 2.83 bits per heavy atom. The van der Waals surface area contributed by atoms with Crippen molar-refractivity contribution in [3.8, 4) is 17.8 Å². The van der Waals surface area contributed by atoms with E-state index < -0.39 is 0 Å². The van der Waals surface area contributed by atoms with Crippen LogP contribution in [0.15, 0.2) is 30.9 Å². The minimum atomic E-state index is -0.264. The third kappa shape index (κ3) is 5.81. The molecule has 2 saturated heterocycles. The van der Waals surface area contributed by atoms with Gasteiger partial charge in [-0.3, -0.25) is 4.79 Å². The second-order valence-corrected chi connectivity index (χ2v) is 11.1. The Kier molecular flexibility index (Phi) is 8.62. The number of amides is 1. The maximum Gasteiger partial charge on any atom is 0.318 e. The van der Waals surface area contributed by atoms with Gasteiger partial charge in [-0.05, 0) is 57.5 Å². The molecule has 1 N–H and O–H groups in total. The first-order valence-electron chi connectivity index (χ1n) is 13.9. The zero-order valence-corrected chi connectivity index (χ0v) is 23.7. The third-order valence-electron chi connectivity index (χ3n) is 8.19. The number of anilines is 2. The average molecular weight is 566 g/mol. The molecule has 1 unspecified atom stereocenters. The number of rotatable bonds is 7. The number of nitrogens with zero attached hydrogens (tertiary/aromatic N) is 7. The zero-order chi connectivity index (χ0) is 28.2. The van der Waals surface area contributed by atoms with Crippen LogP contribution in [0.1, 0.15) is 36.9 Å². The number of aromatic nitrogens is 2. The molecule has 4 heterocycles. The number of piperazine rings is 1. The maximum absolute atomic E-state index is 12.5. The van der Waals surface area contributed by atoms with Crippen LogP contribution in [-0.4, -0.2) is 89.2 Å². The minimum Gasteiger partial charge on any atom is -0.506 e. The Morgan fingerprint density at radius 2 is 2.08 bits per heavy atom. The van der Waals surface area contributed by atoms with E-state index in [9.17, 15) is 15.2 Å². The number of ether oxygens (including phenoxy) is 1. The highest BCUT2D eigenvalue weighted by molar-refractivity contribution is 6.34. The molecule has 0 aliphatic carbocycles. The van der Waals surface area contributed by atoms with Gasteiger partial charge in [0.1, 0.15) is 23.2 Å². The molecule has 5 rings (SSSR count). The second-order valence-electron chi connectivity index (χ2n) is 10.7. The first-order chi connectivity index (χ1) is 19.4. The molecule has 1 aromatic heterocycles. The summed E-state index contributed by atoms with van der Waals surface area (Å²) in [7, 11) is 2.11. The summed E-state index contributed by atoms with van der Waals surface area (Å²) in [6, 6.07) is 7.91. The molecule has 0 radical (unpaired) electrons. The number of carbonyl (C=O) groups is 1. The van der Waals surface area contributed by atoms with Crippen molar-refractivity contribution in [3.05, 3.63) is 47.1 Å². The van der Waals surface area contributed by atoms with E-state index in [0.717, 1.165) is 61.5 Å². The van der Waals surface area contributed by atoms with E-state index >= 15 is 0 Å². The van der Waals surface area contributed by atoms with Gasteiger partial charge < -0.3 is 29.4 Å². The van der Waals surface area contributed by atoms with Crippen LogP contribution in [0.4, 0.5) is 11.5 Å².